The van der Waals surface area contributed by atoms with Crippen LogP contribution in [-0.2, 0) is 20.7 Å². The molecule has 1 aromatic heterocycles. The Morgan fingerprint density at radius 1 is 1.18 bits per heavy atom. The van der Waals surface area contributed by atoms with Gasteiger partial charge in [0.2, 0.25) is 5.91 Å². The van der Waals surface area contributed by atoms with Crippen LogP contribution in [0.1, 0.15) is 34.5 Å². The number of rotatable bonds is 6. The molecule has 1 saturated heterocycles. The summed E-state index contributed by atoms with van der Waals surface area (Å²) in [7, 11) is 0. The number of thiophene rings is 1. The lowest BCUT2D eigenvalue weighted by Crippen LogP contribution is -2.60. The van der Waals surface area contributed by atoms with Gasteiger partial charge in [0.25, 0.3) is 5.91 Å². The van der Waals surface area contributed by atoms with Crippen molar-refractivity contribution in [2.45, 2.75) is 43.4 Å². The number of hydrogen-bond donors (Lipinski definition) is 2. The first kappa shape index (κ1) is 21.7. The van der Waals surface area contributed by atoms with Crippen LogP contribution in [0.4, 0.5) is 4.39 Å². The molecule has 0 radical (unpaired) electrons. The van der Waals surface area contributed by atoms with E-state index in [0.29, 0.717) is 23.3 Å². The van der Waals surface area contributed by atoms with E-state index >= 15 is 0 Å². The third kappa shape index (κ3) is 4.16. The first-order valence-corrected chi connectivity index (χ1v) is 11.8. The molecule has 0 spiro atoms. The van der Waals surface area contributed by atoms with Gasteiger partial charge in [-0.05, 0) is 54.5 Å². The minimum Gasteiger partial charge on any atom is -0.367 e. The smallest absolute Gasteiger partial charge is 0.262 e. The number of nitrogens with one attached hydrogen (secondary N) is 2. The zero-order valence-corrected chi connectivity index (χ0v) is 18.6. The van der Waals surface area contributed by atoms with Crippen molar-refractivity contribution >= 4 is 39.0 Å². The molecule has 2 aliphatic rings. The molecule has 0 bridgehead atoms. The van der Waals surface area contributed by atoms with Gasteiger partial charge in [0.1, 0.15) is 24.0 Å². The summed E-state index contributed by atoms with van der Waals surface area (Å²) in [5.41, 5.74) is -0.330. The second kappa shape index (κ2) is 8.68. The Hall–Kier alpha value is -3.10. The highest BCUT2D eigenvalue weighted by molar-refractivity contribution is 7.20. The van der Waals surface area contributed by atoms with Crippen molar-refractivity contribution in [1.29, 1.82) is 0 Å². The molecule has 2 heterocycles. The summed E-state index contributed by atoms with van der Waals surface area (Å²) in [5.74, 6) is -1.32. The molecule has 1 saturated carbocycles. The number of hydrogen-bond acceptors (Lipinski definition) is 5. The lowest BCUT2D eigenvalue weighted by molar-refractivity contribution is -0.131. The number of ketones is 1. The second-order valence-electron chi connectivity index (χ2n) is 8.58. The molecule has 6 nitrogen and oxygen atoms in total. The first-order valence-electron chi connectivity index (χ1n) is 11.0. The van der Waals surface area contributed by atoms with Crippen molar-refractivity contribution in [2.75, 3.05) is 6.61 Å². The number of fused-ring (bicyclic) bond motifs is 2. The number of halogens is 1. The van der Waals surface area contributed by atoms with Gasteiger partial charge in [-0.3, -0.25) is 14.4 Å². The monoisotopic (exact) mass is 466 g/mol. The van der Waals surface area contributed by atoms with Gasteiger partial charge in [-0.25, -0.2) is 4.39 Å². The molecule has 33 heavy (non-hydrogen) atoms. The number of carbonyl (C=O) groups is 3. The van der Waals surface area contributed by atoms with E-state index in [1.54, 1.807) is 18.2 Å². The molecule has 3 aromatic rings. The maximum atomic E-state index is 13.4. The highest BCUT2D eigenvalue weighted by Gasteiger charge is 2.55. The molecule has 2 amide bonds. The predicted molar refractivity (Wildman–Crippen MR) is 123 cm³/mol. The normalized spacial score (nSPS) is 22.8. The van der Waals surface area contributed by atoms with Crippen molar-refractivity contribution < 1.29 is 23.5 Å². The summed E-state index contributed by atoms with van der Waals surface area (Å²) >= 11 is 1.35. The molecule has 2 fully saturated rings. The van der Waals surface area contributed by atoms with Crippen molar-refractivity contribution in [3.63, 3.8) is 0 Å². The lowest BCUT2D eigenvalue weighted by atomic mass is 9.91. The summed E-state index contributed by atoms with van der Waals surface area (Å²) in [4.78, 5) is 39.6. The van der Waals surface area contributed by atoms with E-state index in [1.165, 1.54) is 23.5 Å². The van der Waals surface area contributed by atoms with Crippen LogP contribution in [0, 0.1) is 5.82 Å². The molecule has 2 N–H and O–H groups in total. The molecule has 3 atom stereocenters. The highest BCUT2D eigenvalue weighted by Crippen LogP contribution is 2.38. The minimum atomic E-state index is -1.03. The SMILES string of the molecule is O=C(NC(Cc1ccc(F)cc1)C(=O)NC12CCCC1OCC2=O)c1cc2ccccc2s1. The van der Waals surface area contributed by atoms with Crippen LogP contribution in [0.5, 0.6) is 0 Å². The van der Waals surface area contributed by atoms with Gasteiger partial charge >= 0.3 is 0 Å². The van der Waals surface area contributed by atoms with E-state index in [4.69, 9.17) is 4.74 Å². The van der Waals surface area contributed by atoms with Crippen LogP contribution in [0.3, 0.4) is 0 Å². The average molecular weight is 467 g/mol. The number of amides is 2. The Balaban J connectivity index is 1.39. The molecular formula is C25H23FN2O4S. The third-order valence-electron chi connectivity index (χ3n) is 6.47. The molecule has 2 aromatic carbocycles. The summed E-state index contributed by atoms with van der Waals surface area (Å²) in [6.07, 6.45) is 1.85. The molecule has 5 rings (SSSR count). The Morgan fingerprint density at radius 2 is 1.97 bits per heavy atom. The maximum absolute atomic E-state index is 13.4. The Labute approximate surface area is 194 Å². The largest absolute Gasteiger partial charge is 0.367 e. The van der Waals surface area contributed by atoms with E-state index in [1.807, 2.05) is 24.3 Å². The van der Waals surface area contributed by atoms with Gasteiger partial charge in [-0.15, -0.1) is 11.3 Å². The van der Waals surface area contributed by atoms with Crippen LogP contribution in [-0.4, -0.2) is 41.9 Å². The van der Waals surface area contributed by atoms with E-state index in [-0.39, 0.29) is 36.6 Å². The predicted octanol–water partition coefficient (Wildman–Crippen LogP) is 3.39. The third-order valence-corrected chi connectivity index (χ3v) is 7.59. The van der Waals surface area contributed by atoms with E-state index in [0.717, 1.165) is 16.5 Å². The van der Waals surface area contributed by atoms with E-state index < -0.39 is 17.5 Å². The van der Waals surface area contributed by atoms with Gasteiger partial charge in [-0.1, -0.05) is 30.3 Å². The van der Waals surface area contributed by atoms with Gasteiger partial charge in [0.05, 0.1) is 11.0 Å². The zero-order chi connectivity index (χ0) is 23.0. The molecule has 3 unspecified atom stereocenters. The lowest BCUT2D eigenvalue weighted by Gasteiger charge is -2.30. The summed E-state index contributed by atoms with van der Waals surface area (Å²) in [5, 5.41) is 6.71. The maximum Gasteiger partial charge on any atom is 0.262 e. The van der Waals surface area contributed by atoms with Crippen molar-refractivity contribution in [1.82, 2.24) is 10.6 Å². The number of carbonyl (C=O) groups excluding carboxylic acids is 3. The molecular weight excluding hydrogens is 443 g/mol. The minimum absolute atomic E-state index is 0.0122. The zero-order valence-electron chi connectivity index (χ0n) is 17.8. The van der Waals surface area contributed by atoms with Crippen LogP contribution >= 0.6 is 11.3 Å². The van der Waals surface area contributed by atoms with Crippen molar-refractivity contribution in [2.24, 2.45) is 0 Å². The van der Waals surface area contributed by atoms with Gasteiger partial charge in [0.15, 0.2) is 5.78 Å². The van der Waals surface area contributed by atoms with Crippen LogP contribution in [0.15, 0.2) is 54.6 Å². The molecule has 1 aliphatic carbocycles. The Morgan fingerprint density at radius 3 is 2.76 bits per heavy atom. The summed E-state index contributed by atoms with van der Waals surface area (Å²) in [6, 6.07) is 14.3. The topological polar surface area (TPSA) is 84.5 Å². The van der Waals surface area contributed by atoms with Gasteiger partial charge in [-0.2, -0.15) is 0 Å². The Bertz CT molecular complexity index is 1190. The second-order valence-corrected chi connectivity index (χ2v) is 9.66. The van der Waals surface area contributed by atoms with Crippen molar-refractivity contribution in [3.8, 4) is 0 Å². The molecule has 8 heteroatoms. The quantitative estimate of drug-likeness (QED) is 0.583. The average Bonchev–Trinajstić information content (AvgIpc) is 3.49. The standard InChI is InChI=1S/C25H23FN2O4S/c26-17-9-7-15(8-10-17)12-18(23(30)28-25-11-3-6-22(25)32-14-21(25)29)27-24(31)20-13-16-4-1-2-5-19(16)33-20/h1-2,4-5,7-10,13,18,22H,3,6,11-12,14H2,(H,27,31)(H,28,30). The number of ether oxygens (including phenoxy) is 1. The highest BCUT2D eigenvalue weighted by atomic mass is 32.1. The van der Waals surface area contributed by atoms with Crippen molar-refractivity contribution in [3.05, 3.63) is 70.9 Å². The Kier molecular flexibility index (Phi) is 5.72. The fourth-order valence-corrected chi connectivity index (χ4v) is 5.70. The first-order chi connectivity index (χ1) is 15.9. The van der Waals surface area contributed by atoms with Gasteiger partial charge in [0, 0.05) is 11.1 Å². The number of Topliss-reactive ketones (excluding diaryl/α,β-unsaturated/α-hetero) is 1. The summed E-state index contributed by atoms with van der Waals surface area (Å²) < 4.78 is 19.9. The fourth-order valence-electron chi connectivity index (χ4n) is 4.73. The van der Waals surface area contributed by atoms with Crippen LogP contribution in [0.25, 0.3) is 10.1 Å². The molecule has 170 valence electrons. The van der Waals surface area contributed by atoms with Crippen LogP contribution < -0.4 is 10.6 Å². The van der Waals surface area contributed by atoms with E-state index in [9.17, 15) is 18.8 Å². The fraction of sp³-hybridized carbons (Fsp3) is 0.320. The molecule has 1 aliphatic heterocycles. The van der Waals surface area contributed by atoms with E-state index in [2.05, 4.69) is 10.6 Å². The number of benzene rings is 2. The summed E-state index contributed by atoms with van der Waals surface area (Å²) in [6.45, 7) is -0.0122. The van der Waals surface area contributed by atoms with Crippen LogP contribution in [0.2, 0.25) is 0 Å². The van der Waals surface area contributed by atoms with Gasteiger partial charge < -0.3 is 15.4 Å².